The Balaban J connectivity index is 2.88. The van der Waals surface area contributed by atoms with E-state index in [0.29, 0.717) is 0 Å². The van der Waals surface area contributed by atoms with E-state index in [0.717, 1.165) is 19.4 Å². The maximum atomic E-state index is 4.91. The summed E-state index contributed by atoms with van der Waals surface area (Å²) in [5, 5.41) is 0. The molecule has 0 unspecified atom stereocenters. The SMILES string of the molecule is CCC/C=C/CCCOC. The quantitative estimate of drug-likeness (QED) is 0.409. The Morgan fingerprint density at radius 2 is 1.90 bits per heavy atom. The van der Waals surface area contributed by atoms with Gasteiger partial charge < -0.3 is 4.74 Å². The Morgan fingerprint density at radius 1 is 1.20 bits per heavy atom. The van der Waals surface area contributed by atoms with Crippen molar-refractivity contribution in [3.63, 3.8) is 0 Å². The molecule has 0 saturated heterocycles. The third-order valence-corrected chi connectivity index (χ3v) is 1.34. The first-order valence-electron chi connectivity index (χ1n) is 4.05. The van der Waals surface area contributed by atoms with Crippen LogP contribution < -0.4 is 0 Å². The highest BCUT2D eigenvalue weighted by atomic mass is 16.5. The fourth-order valence-electron chi connectivity index (χ4n) is 0.748. The van der Waals surface area contributed by atoms with Crippen LogP contribution in [0.25, 0.3) is 0 Å². The molecule has 0 aromatic heterocycles. The molecule has 0 spiro atoms. The molecule has 0 heterocycles. The fraction of sp³-hybridized carbons (Fsp3) is 0.778. The van der Waals surface area contributed by atoms with E-state index in [1.807, 2.05) is 0 Å². The van der Waals surface area contributed by atoms with Crippen LogP contribution in [0.4, 0.5) is 0 Å². The van der Waals surface area contributed by atoms with E-state index in [1.54, 1.807) is 7.11 Å². The molecular formula is C9H18O. The molecule has 0 fully saturated rings. The monoisotopic (exact) mass is 142 g/mol. The minimum Gasteiger partial charge on any atom is -0.385 e. The van der Waals surface area contributed by atoms with Crippen LogP contribution in [-0.4, -0.2) is 13.7 Å². The second kappa shape index (κ2) is 8.70. The summed E-state index contributed by atoms with van der Waals surface area (Å²) in [6.45, 7) is 3.08. The van der Waals surface area contributed by atoms with E-state index in [-0.39, 0.29) is 0 Å². The fourth-order valence-corrected chi connectivity index (χ4v) is 0.748. The van der Waals surface area contributed by atoms with Gasteiger partial charge in [0.1, 0.15) is 0 Å². The maximum absolute atomic E-state index is 4.91. The molecule has 0 radical (unpaired) electrons. The van der Waals surface area contributed by atoms with Gasteiger partial charge in [-0.2, -0.15) is 0 Å². The maximum Gasteiger partial charge on any atom is 0.0465 e. The first-order chi connectivity index (χ1) is 4.91. The van der Waals surface area contributed by atoms with Gasteiger partial charge in [0.2, 0.25) is 0 Å². The minimum absolute atomic E-state index is 0.885. The van der Waals surface area contributed by atoms with Gasteiger partial charge in [0, 0.05) is 13.7 Å². The van der Waals surface area contributed by atoms with Crippen molar-refractivity contribution in [1.82, 2.24) is 0 Å². The van der Waals surface area contributed by atoms with Crippen molar-refractivity contribution in [1.29, 1.82) is 0 Å². The smallest absolute Gasteiger partial charge is 0.0465 e. The standard InChI is InChI=1S/C9H18O/c1-3-4-5-6-7-8-9-10-2/h5-6H,3-4,7-9H2,1-2H3/b6-5+. The molecule has 0 amide bonds. The average Bonchev–Trinajstić information content (AvgIpc) is 1.97. The van der Waals surface area contributed by atoms with Crippen LogP contribution in [0.5, 0.6) is 0 Å². The van der Waals surface area contributed by atoms with Crippen LogP contribution in [-0.2, 0) is 4.74 Å². The molecule has 0 aromatic rings. The summed E-state index contributed by atoms with van der Waals surface area (Å²) in [4.78, 5) is 0. The summed E-state index contributed by atoms with van der Waals surface area (Å²) in [7, 11) is 1.75. The first kappa shape index (κ1) is 9.70. The molecule has 0 aliphatic carbocycles. The van der Waals surface area contributed by atoms with Crippen LogP contribution in [0.3, 0.4) is 0 Å². The van der Waals surface area contributed by atoms with Gasteiger partial charge in [-0.15, -0.1) is 0 Å². The highest BCUT2D eigenvalue weighted by Gasteiger charge is 1.80. The lowest BCUT2D eigenvalue weighted by atomic mass is 10.2. The van der Waals surface area contributed by atoms with E-state index in [4.69, 9.17) is 4.74 Å². The van der Waals surface area contributed by atoms with Gasteiger partial charge in [0.05, 0.1) is 0 Å². The summed E-state index contributed by atoms with van der Waals surface area (Å²) < 4.78 is 4.91. The third kappa shape index (κ3) is 7.70. The van der Waals surface area contributed by atoms with Gasteiger partial charge in [-0.3, -0.25) is 0 Å². The molecule has 0 bridgehead atoms. The van der Waals surface area contributed by atoms with Crippen molar-refractivity contribution in [2.45, 2.75) is 32.6 Å². The van der Waals surface area contributed by atoms with Crippen LogP contribution in [0, 0.1) is 0 Å². The summed E-state index contributed by atoms with van der Waals surface area (Å²) in [6, 6.07) is 0. The van der Waals surface area contributed by atoms with Crippen molar-refractivity contribution < 1.29 is 4.74 Å². The van der Waals surface area contributed by atoms with Crippen LogP contribution in [0.15, 0.2) is 12.2 Å². The second-order valence-corrected chi connectivity index (χ2v) is 2.40. The summed E-state index contributed by atoms with van der Waals surface area (Å²) in [6.07, 6.45) is 9.26. The lowest BCUT2D eigenvalue weighted by Gasteiger charge is -1.92. The normalized spacial score (nSPS) is 11.0. The van der Waals surface area contributed by atoms with Gasteiger partial charge in [-0.25, -0.2) is 0 Å². The molecule has 1 nitrogen and oxygen atoms in total. The number of ether oxygens (including phenoxy) is 1. The van der Waals surface area contributed by atoms with Gasteiger partial charge in [0.25, 0.3) is 0 Å². The Morgan fingerprint density at radius 3 is 2.50 bits per heavy atom. The third-order valence-electron chi connectivity index (χ3n) is 1.34. The molecule has 0 N–H and O–H groups in total. The topological polar surface area (TPSA) is 9.23 Å². The highest BCUT2D eigenvalue weighted by molar-refractivity contribution is 4.80. The number of allylic oxidation sites excluding steroid dienone is 2. The molecule has 0 atom stereocenters. The number of unbranched alkanes of at least 4 members (excludes halogenated alkanes) is 2. The second-order valence-electron chi connectivity index (χ2n) is 2.40. The van der Waals surface area contributed by atoms with Gasteiger partial charge in [0.15, 0.2) is 0 Å². The van der Waals surface area contributed by atoms with Crippen molar-refractivity contribution in [3.8, 4) is 0 Å². The summed E-state index contributed by atoms with van der Waals surface area (Å²) in [5.41, 5.74) is 0. The zero-order valence-electron chi connectivity index (χ0n) is 7.10. The molecule has 60 valence electrons. The van der Waals surface area contributed by atoms with Gasteiger partial charge in [-0.05, 0) is 19.3 Å². The molecule has 0 aromatic carbocycles. The molecule has 10 heavy (non-hydrogen) atoms. The zero-order valence-corrected chi connectivity index (χ0v) is 7.10. The van der Waals surface area contributed by atoms with Crippen molar-refractivity contribution in [2.24, 2.45) is 0 Å². The van der Waals surface area contributed by atoms with Crippen LogP contribution in [0.1, 0.15) is 32.6 Å². The minimum atomic E-state index is 0.885. The Labute approximate surface area is 64.1 Å². The zero-order chi connectivity index (χ0) is 7.66. The highest BCUT2D eigenvalue weighted by Crippen LogP contribution is 1.94. The van der Waals surface area contributed by atoms with Crippen molar-refractivity contribution >= 4 is 0 Å². The Kier molecular flexibility index (Phi) is 8.44. The van der Waals surface area contributed by atoms with E-state index in [9.17, 15) is 0 Å². The van der Waals surface area contributed by atoms with Crippen LogP contribution in [0.2, 0.25) is 0 Å². The van der Waals surface area contributed by atoms with E-state index in [1.165, 1.54) is 12.8 Å². The average molecular weight is 142 g/mol. The molecule has 0 rings (SSSR count). The Hall–Kier alpha value is -0.300. The predicted octanol–water partition coefficient (Wildman–Crippen LogP) is 2.77. The summed E-state index contributed by atoms with van der Waals surface area (Å²) in [5.74, 6) is 0. The molecule has 0 saturated carbocycles. The van der Waals surface area contributed by atoms with Crippen molar-refractivity contribution in [2.75, 3.05) is 13.7 Å². The first-order valence-corrected chi connectivity index (χ1v) is 4.05. The summed E-state index contributed by atoms with van der Waals surface area (Å²) >= 11 is 0. The number of hydrogen-bond acceptors (Lipinski definition) is 1. The van der Waals surface area contributed by atoms with E-state index in [2.05, 4.69) is 19.1 Å². The van der Waals surface area contributed by atoms with Gasteiger partial charge >= 0.3 is 0 Å². The van der Waals surface area contributed by atoms with Crippen LogP contribution >= 0.6 is 0 Å². The Bertz CT molecular complexity index is 76.8. The van der Waals surface area contributed by atoms with Crippen molar-refractivity contribution in [3.05, 3.63) is 12.2 Å². The molecule has 0 aliphatic heterocycles. The molecule has 0 aliphatic rings. The molecule has 1 heteroatoms. The lowest BCUT2D eigenvalue weighted by molar-refractivity contribution is 0.196. The number of rotatable bonds is 6. The van der Waals surface area contributed by atoms with E-state index < -0.39 is 0 Å². The lowest BCUT2D eigenvalue weighted by Crippen LogP contribution is -1.85. The van der Waals surface area contributed by atoms with Gasteiger partial charge in [-0.1, -0.05) is 25.5 Å². The largest absolute Gasteiger partial charge is 0.385 e. The van der Waals surface area contributed by atoms with E-state index >= 15 is 0 Å². The number of hydrogen-bond donors (Lipinski definition) is 0. The molecular weight excluding hydrogens is 124 g/mol. The predicted molar refractivity (Wildman–Crippen MR) is 45.2 cm³/mol. The number of methoxy groups -OCH3 is 1.